The number of piperazine rings is 1. The monoisotopic (exact) mass is 383 g/mol. The van der Waals surface area contributed by atoms with Gasteiger partial charge in [0.2, 0.25) is 5.91 Å². The molecule has 6 heteroatoms. The summed E-state index contributed by atoms with van der Waals surface area (Å²) in [6.07, 6.45) is 0. The van der Waals surface area contributed by atoms with Crippen LogP contribution in [-0.2, 0) is 11.3 Å². The zero-order valence-corrected chi connectivity index (χ0v) is 15.7. The van der Waals surface area contributed by atoms with Crippen molar-refractivity contribution >= 4 is 21.8 Å². The second-order valence-electron chi connectivity index (χ2n) is 6.23. The van der Waals surface area contributed by atoms with Crippen molar-refractivity contribution in [1.29, 1.82) is 0 Å². The molecule has 128 valence electrons. The normalized spacial score (nSPS) is 16.6. The van der Waals surface area contributed by atoms with Gasteiger partial charge in [0, 0.05) is 48.8 Å². The fourth-order valence-electron chi connectivity index (χ4n) is 2.79. The van der Waals surface area contributed by atoms with Crippen LogP contribution in [-0.4, -0.2) is 61.6 Å². The van der Waals surface area contributed by atoms with E-state index >= 15 is 0 Å². The quantitative estimate of drug-likeness (QED) is 0.816. The summed E-state index contributed by atoms with van der Waals surface area (Å²) < 4.78 is 6.51. The van der Waals surface area contributed by atoms with E-state index in [4.69, 9.17) is 4.74 Å². The number of carbonyl (C=O) groups is 1. The number of nitrogens with zero attached hydrogens (tertiary/aromatic N) is 2. The third-order valence-corrected chi connectivity index (χ3v) is 4.41. The van der Waals surface area contributed by atoms with Crippen molar-refractivity contribution in [3.8, 4) is 5.75 Å². The molecule has 2 rings (SSSR count). The van der Waals surface area contributed by atoms with E-state index in [0.29, 0.717) is 6.54 Å². The lowest BCUT2D eigenvalue weighted by atomic mass is 10.1. The van der Waals surface area contributed by atoms with E-state index in [9.17, 15) is 4.79 Å². The van der Waals surface area contributed by atoms with Crippen molar-refractivity contribution in [3.05, 3.63) is 28.2 Å². The van der Waals surface area contributed by atoms with Crippen molar-refractivity contribution in [3.63, 3.8) is 0 Å². The lowest BCUT2D eigenvalue weighted by molar-refractivity contribution is -0.123. The minimum atomic E-state index is 0.113. The van der Waals surface area contributed by atoms with Gasteiger partial charge in [-0.2, -0.15) is 0 Å². The molecule has 1 N–H and O–H groups in total. The Hall–Kier alpha value is -1.11. The summed E-state index contributed by atoms with van der Waals surface area (Å²) in [7, 11) is 1.71. The number of methoxy groups -OCH3 is 1. The lowest BCUT2D eigenvalue weighted by Crippen LogP contribution is -2.49. The van der Waals surface area contributed by atoms with Gasteiger partial charge >= 0.3 is 0 Å². The van der Waals surface area contributed by atoms with E-state index in [1.165, 1.54) is 5.56 Å². The summed E-state index contributed by atoms with van der Waals surface area (Å²) in [5.41, 5.74) is 1.19. The van der Waals surface area contributed by atoms with E-state index in [0.717, 1.165) is 42.9 Å². The molecule has 1 aromatic carbocycles. The number of ether oxygens (including phenoxy) is 1. The first-order chi connectivity index (χ1) is 11.0. The Morgan fingerprint density at radius 2 is 1.91 bits per heavy atom. The number of rotatable bonds is 6. The van der Waals surface area contributed by atoms with Crippen LogP contribution in [0.4, 0.5) is 0 Å². The number of hydrogen-bond acceptors (Lipinski definition) is 4. The summed E-state index contributed by atoms with van der Waals surface area (Å²) in [6, 6.07) is 6.30. The maximum absolute atomic E-state index is 11.8. The van der Waals surface area contributed by atoms with Crippen molar-refractivity contribution in [2.24, 2.45) is 0 Å². The Labute approximate surface area is 147 Å². The molecule has 0 spiro atoms. The zero-order chi connectivity index (χ0) is 16.8. The number of nitrogens with one attached hydrogen (secondary N) is 1. The highest BCUT2D eigenvalue weighted by molar-refractivity contribution is 9.10. The number of amides is 1. The molecular weight excluding hydrogens is 358 g/mol. The first-order valence-electron chi connectivity index (χ1n) is 8.04. The van der Waals surface area contributed by atoms with Crippen LogP contribution < -0.4 is 10.1 Å². The molecular formula is C17H26BrN3O2. The summed E-state index contributed by atoms with van der Waals surface area (Å²) in [4.78, 5) is 16.4. The van der Waals surface area contributed by atoms with Gasteiger partial charge in [0.1, 0.15) is 5.75 Å². The van der Waals surface area contributed by atoms with Gasteiger partial charge in [-0.05, 0) is 32.0 Å². The SMILES string of the molecule is COc1ccc(Br)cc1CN1CCN(CC(=O)NC(C)C)CC1. The van der Waals surface area contributed by atoms with E-state index in [-0.39, 0.29) is 11.9 Å². The molecule has 1 heterocycles. The number of carbonyl (C=O) groups excluding carboxylic acids is 1. The van der Waals surface area contributed by atoms with Gasteiger partial charge < -0.3 is 10.1 Å². The molecule has 0 saturated carbocycles. The first-order valence-corrected chi connectivity index (χ1v) is 8.83. The molecule has 1 fully saturated rings. The molecule has 0 atom stereocenters. The van der Waals surface area contributed by atoms with E-state index in [1.54, 1.807) is 7.11 Å². The van der Waals surface area contributed by atoms with Gasteiger partial charge in [0.25, 0.3) is 0 Å². The maximum atomic E-state index is 11.8. The van der Waals surface area contributed by atoms with Gasteiger partial charge in [-0.1, -0.05) is 15.9 Å². The number of benzene rings is 1. The fraction of sp³-hybridized carbons (Fsp3) is 0.588. The molecule has 0 unspecified atom stereocenters. The first kappa shape index (κ1) is 18.2. The van der Waals surface area contributed by atoms with Crippen LogP contribution in [0.5, 0.6) is 5.75 Å². The van der Waals surface area contributed by atoms with Crippen molar-refractivity contribution in [2.45, 2.75) is 26.4 Å². The predicted octanol–water partition coefficient (Wildman–Crippen LogP) is 2.10. The predicted molar refractivity (Wildman–Crippen MR) is 95.7 cm³/mol. The van der Waals surface area contributed by atoms with Crippen LogP contribution in [0.25, 0.3) is 0 Å². The van der Waals surface area contributed by atoms with Gasteiger partial charge in [0.05, 0.1) is 13.7 Å². The van der Waals surface area contributed by atoms with Crippen molar-refractivity contribution < 1.29 is 9.53 Å². The average molecular weight is 384 g/mol. The minimum Gasteiger partial charge on any atom is -0.496 e. The molecule has 1 aliphatic rings. The maximum Gasteiger partial charge on any atom is 0.234 e. The Kier molecular flexibility index (Phi) is 6.87. The molecule has 23 heavy (non-hydrogen) atoms. The highest BCUT2D eigenvalue weighted by Crippen LogP contribution is 2.24. The molecule has 1 saturated heterocycles. The molecule has 0 radical (unpaired) electrons. The summed E-state index contributed by atoms with van der Waals surface area (Å²) >= 11 is 3.52. The molecule has 0 bridgehead atoms. The third kappa shape index (κ3) is 5.79. The van der Waals surface area contributed by atoms with E-state index in [2.05, 4.69) is 37.1 Å². The van der Waals surface area contributed by atoms with Crippen molar-refractivity contribution in [1.82, 2.24) is 15.1 Å². The summed E-state index contributed by atoms with van der Waals surface area (Å²) in [6.45, 7) is 9.10. The largest absolute Gasteiger partial charge is 0.496 e. The Bertz CT molecular complexity index is 529. The van der Waals surface area contributed by atoms with Crippen LogP contribution in [0.3, 0.4) is 0 Å². The number of hydrogen-bond donors (Lipinski definition) is 1. The fourth-order valence-corrected chi connectivity index (χ4v) is 3.20. The van der Waals surface area contributed by atoms with Gasteiger partial charge in [-0.3, -0.25) is 14.6 Å². The molecule has 1 aliphatic heterocycles. The molecule has 5 nitrogen and oxygen atoms in total. The van der Waals surface area contributed by atoms with Crippen LogP contribution in [0.1, 0.15) is 19.4 Å². The van der Waals surface area contributed by atoms with Gasteiger partial charge in [-0.15, -0.1) is 0 Å². The third-order valence-electron chi connectivity index (χ3n) is 3.92. The molecule has 0 aromatic heterocycles. The van der Waals surface area contributed by atoms with Crippen LogP contribution >= 0.6 is 15.9 Å². The number of halogens is 1. The standard InChI is InChI=1S/C17H26BrN3O2/c1-13(2)19-17(22)12-21-8-6-20(7-9-21)11-14-10-15(18)4-5-16(14)23-3/h4-5,10,13H,6-9,11-12H2,1-3H3,(H,19,22). The second kappa shape index (κ2) is 8.66. The van der Waals surface area contributed by atoms with Crippen LogP contribution in [0.2, 0.25) is 0 Å². The smallest absolute Gasteiger partial charge is 0.234 e. The summed E-state index contributed by atoms with van der Waals surface area (Å²) in [5, 5.41) is 2.95. The molecule has 1 aromatic rings. The Morgan fingerprint density at radius 1 is 1.26 bits per heavy atom. The molecule has 0 aliphatic carbocycles. The lowest BCUT2D eigenvalue weighted by Gasteiger charge is -2.34. The van der Waals surface area contributed by atoms with E-state index < -0.39 is 0 Å². The second-order valence-corrected chi connectivity index (χ2v) is 7.15. The van der Waals surface area contributed by atoms with Crippen LogP contribution in [0.15, 0.2) is 22.7 Å². The Balaban J connectivity index is 1.83. The Morgan fingerprint density at radius 3 is 2.52 bits per heavy atom. The highest BCUT2D eigenvalue weighted by Gasteiger charge is 2.20. The van der Waals surface area contributed by atoms with Gasteiger partial charge in [0.15, 0.2) is 0 Å². The highest BCUT2D eigenvalue weighted by atomic mass is 79.9. The van der Waals surface area contributed by atoms with Crippen LogP contribution in [0, 0.1) is 0 Å². The van der Waals surface area contributed by atoms with Crippen molar-refractivity contribution in [2.75, 3.05) is 39.8 Å². The molecule has 1 amide bonds. The summed E-state index contributed by atoms with van der Waals surface area (Å²) in [5.74, 6) is 1.04. The average Bonchev–Trinajstić information content (AvgIpc) is 2.48. The topological polar surface area (TPSA) is 44.8 Å². The minimum absolute atomic E-state index is 0.113. The zero-order valence-electron chi connectivity index (χ0n) is 14.1. The van der Waals surface area contributed by atoms with Gasteiger partial charge in [-0.25, -0.2) is 0 Å². The van der Waals surface area contributed by atoms with E-state index in [1.807, 2.05) is 26.0 Å².